The number of carbonyl (C=O) groups is 1. The molecule has 0 heterocycles. The first-order chi connectivity index (χ1) is 6.19. The van der Waals surface area contributed by atoms with Crippen LogP contribution in [0.5, 0.6) is 0 Å². The third-order valence-electron chi connectivity index (χ3n) is 3.66. The quantitative estimate of drug-likeness (QED) is 0.647. The normalized spacial score (nSPS) is 42.3. The highest BCUT2D eigenvalue weighted by Crippen LogP contribution is 2.58. The molecule has 2 rings (SSSR count). The molecule has 0 saturated heterocycles. The van der Waals surface area contributed by atoms with Gasteiger partial charge in [-0.1, -0.05) is 0 Å². The molecule has 2 fully saturated rings. The van der Waals surface area contributed by atoms with Crippen molar-refractivity contribution in [3.8, 4) is 0 Å². The van der Waals surface area contributed by atoms with Crippen molar-refractivity contribution in [3.05, 3.63) is 0 Å². The van der Waals surface area contributed by atoms with Gasteiger partial charge in [-0.05, 0) is 38.1 Å². The minimum Gasteiger partial charge on any atom is -0.469 e. The summed E-state index contributed by atoms with van der Waals surface area (Å²) in [5.41, 5.74) is 0.506. The summed E-state index contributed by atoms with van der Waals surface area (Å²) >= 11 is 0. The van der Waals surface area contributed by atoms with E-state index < -0.39 is 0 Å². The average Bonchev–Trinajstić information content (AvgIpc) is 1.99. The van der Waals surface area contributed by atoms with Gasteiger partial charge < -0.3 is 10.1 Å². The van der Waals surface area contributed by atoms with Crippen molar-refractivity contribution in [1.29, 1.82) is 0 Å². The third kappa shape index (κ3) is 1.35. The van der Waals surface area contributed by atoms with Crippen LogP contribution < -0.4 is 5.32 Å². The monoisotopic (exact) mass is 183 g/mol. The van der Waals surface area contributed by atoms with E-state index in [1.165, 1.54) is 20.0 Å². The molecule has 3 nitrogen and oxygen atoms in total. The molecule has 0 radical (unpaired) electrons. The summed E-state index contributed by atoms with van der Waals surface area (Å²) in [5.74, 6) is 0.182. The molecule has 2 aliphatic rings. The van der Waals surface area contributed by atoms with Crippen molar-refractivity contribution in [2.24, 2.45) is 11.3 Å². The van der Waals surface area contributed by atoms with E-state index in [4.69, 9.17) is 4.74 Å². The molecule has 1 spiro atoms. The number of hydrogen-bond donors (Lipinski definition) is 1. The summed E-state index contributed by atoms with van der Waals surface area (Å²) in [4.78, 5) is 11.1. The van der Waals surface area contributed by atoms with E-state index in [-0.39, 0.29) is 11.9 Å². The van der Waals surface area contributed by atoms with Crippen LogP contribution in [0, 0.1) is 11.3 Å². The van der Waals surface area contributed by atoms with Crippen LogP contribution in [0.2, 0.25) is 0 Å². The Morgan fingerprint density at radius 3 is 2.46 bits per heavy atom. The minimum absolute atomic E-state index is 0.0152. The highest BCUT2D eigenvalue weighted by atomic mass is 16.5. The minimum atomic E-state index is -0.0152. The van der Waals surface area contributed by atoms with Crippen molar-refractivity contribution in [1.82, 2.24) is 5.32 Å². The summed E-state index contributed by atoms with van der Waals surface area (Å²) < 4.78 is 4.71. The number of rotatable bonds is 2. The summed E-state index contributed by atoms with van der Waals surface area (Å²) in [6.45, 7) is 0. The molecule has 74 valence electrons. The van der Waals surface area contributed by atoms with E-state index in [2.05, 4.69) is 5.32 Å². The van der Waals surface area contributed by atoms with Crippen LogP contribution >= 0.6 is 0 Å². The smallest absolute Gasteiger partial charge is 0.308 e. The van der Waals surface area contributed by atoms with Gasteiger partial charge in [-0.2, -0.15) is 0 Å². The molecule has 2 aliphatic carbocycles. The summed E-state index contributed by atoms with van der Waals surface area (Å²) in [6, 6.07) is 0.693. The SMILES string of the molecule is CNC1CC2(C1)CC(C(=O)OC)C2. The van der Waals surface area contributed by atoms with Gasteiger partial charge in [-0.25, -0.2) is 0 Å². The first kappa shape index (κ1) is 9.00. The number of esters is 1. The first-order valence-corrected chi connectivity index (χ1v) is 4.94. The fourth-order valence-corrected chi connectivity index (χ4v) is 2.84. The Morgan fingerprint density at radius 1 is 1.38 bits per heavy atom. The van der Waals surface area contributed by atoms with Gasteiger partial charge in [-0.3, -0.25) is 4.79 Å². The zero-order valence-electron chi connectivity index (χ0n) is 8.30. The molecule has 2 saturated carbocycles. The molecule has 0 atom stereocenters. The predicted molar refractivity (Wildman–Crippen MR) is 49.3 cm³/mol. The van der Waals surface area contributed by atoms with Gasteiger partial charge in [0.05, 0.1) is 13.0 Å². The van der Waals surface area contributed by atoms with Crippen LogP contribution in [0.1, 0.15) is 25.7 Å². The Labute approximate surface area is 78.8 Å². The predicted octanol–water partition coefficient (Wildman–Crippen LogP) is 0.938. The van der Waals surface area contributed by atoms with Crippen LogP contribution in [0.25, 0.3) is 0 Å². The van der Waals surface area contributed by atoms with Gasteiger partial charge in [0.25, 0.3) is 0 Å². The Balaban J connectivity index is 1.76. The lowest BCUT2D eigenvalue weighted by molar-refractivity contribution is -0.159. The molecule has 0 aromatic heterocycles. The van der Waals surface area contributed by atoms with Gasteiger partial charge in [-0.15, -0.1) is 0 Å². The van der Waals surface area contributed by atoms with E-state index in [1.54, 1.807) is 0 Å². The van der Waals surface area contributed by atoms with Gasteiger partial charge >= 0.3 is 5.97 Å². The van der Waals surface area contributed by atoms with Gasteiger partial charge in [0, 0.05) is 6.04 Å². The van der Waals surface area contributed by atoms with Crippen LogP contribution in [0.4, 0.5) is 0 Å². The number of ether oxygens (including phenoxy) is 1. The fraction of sp³-hybridized carbons (Fsp3) is 0.900. The Bertz CT molecular complexity index is 213. The lowest BCUT2D eigenvalue weighted by atomic mass is 9.50. The molecule has 0 aliphatic heterocycles. The van der Waals surface area contributed by atoms with Crippen LogP contribution in [-0.2, 0) is 9.53 Å². The highest BCUT2D eigenvalue weighted by Gasteiger charge is 2.54. The Morgan fingerprint density at radius 2 is 2.00 bits per heavy atom. The fourth-order valence-electron chi connectivity index (χ4n) is 2.84. The first-order valence-electron chi connectivity index (χ1n) is 4.94. The second-order valence-electron chi connectivity index (χ2n) is 4.52. The number of hydrogen-bond acceptors (Lipinski definition) is 3. The van der Waals surface area contributed by atoms with Gasteiger partial charge in [0.1, 0.15) is 0 Å². The van der Waals surface area contributed by atoms with E-state index >= 15 is 0 Å². The van der Waals surface area contributed by atoms with Crippen LogP contribution in [0.15, 0.2) is 0 Å². The van der Waals surface area contributed by atoms with Crippen molar-refractivity contribution < 1.29 is 9.53 Å². The third-order valence-corrected chi connectivity index (χ3v) is 3.66. The van der Waals surface area contributed by atoms with Crippen LogP contribution in [-0.4, -0.2) is 26.2 Å². The highest BCUT2D eigenvalue weighted by molar-refractivity contribution is 5.73. The average molecular weight is 183 g/mol. The number of methoxy groups -OCH3 is 1. The maximum atomic E-state index is 11.1. The van der Waals surface area contributed by atoms with Gasteiger partial charge in [0.2, 0.25) is 0 Å². The van der Waals surface area contributed by atoms with Gasteiger partial charge in [0.15, 0.2) is 0 Å². The molecule has 0 aromatic carbocycles. The standard InChI is InChI=1S/C10H17NO2/c1-11-8-5-10(6-8)3-7(4-10)9(12)13-2/h7-8,11H,3-6H2,1-2H3. The summed E-state index contributed by atoms with van der Waals surface area (Å²) in [6.07, 6.45) is 4.60. The van der Waals surface area contributed by atoms with Crippen molar-refractivity contribution in [2.45, 2.75) is 31.7 Å². The Hall–Kier alpha value is -0.570. The molecule has 3 heteroatoms. The molecule has 0 unspecified atom stereocenters. The molecule has 0 bridgehead atoms. The van der Waals surface area contributed by atoms with E-state index in [0.717, 1.165) is 12.8 Å². The van der Waals surface area contributed by atoms with E-state index in [1.807, 2.05) is 7.05 Å². The number of carbonyl (C=O) groups excluding carboxylic acids is 1. The van der Waals surface area contributed by atoms with Crippen LogP contribution in [0.3, 0.4) is 0 Å². The summed E-state index contributed by atoms with van der Waals surface area (Å²) in [5, 5.41) is 3.27. The van der Waals surface area contributed by atoms with E-state index in [9.17, 15) is 4.79 Å². The topological polar surface area (TPSA) is 38.3 Å². The maximum Gasteiger partial charge on any atom is 0.308 e. The molecular formula is C10H17NO2. The van der Waals surface area contributed by atoms with E-state index in [0.29, 0.717) is 11.5 Å². The lowest BCUT2D eigenvalue weighted by Gasteiger charge is -2.56. The molecule has 0 aromatic rings. The lowest BCUT2D eigenvalue weighted by Crippen LogP contribution is -2.55. The Kier molecular flexibility index (Phi) is 2.06. The molecule has 1 N–H and O–H groups in total. The largest absolute Gasteiger partial charge is 0.469 e. The van der Waals surface area contributed by atoms with Crippen molar-refractivity contribution in [3.63, 3.8) is 0 Å². The second-order valence-corrected chi connectivity index (χ2v) is 4.52. The number of nitrogens with one attached hydrogen (secondary N) is 1. The summed E-state index contributed by atoms with van der Waals surface area (Å²) in [7, 11) is 3.48. The molecular weight excluding hydrogens is 166 g/mol. The van der Waals surface area contributed by atoms with Crippen molar-refractivity contribution in [2.75, 3.05) is 14.2 Å². The zero-order valence-corrected chi connectivity index (χ0v) is 8.30. The maximum absolute atomic E-state index is 11.1. The second kappa shape index (κ2) is 2.98. The molecule has 13 heavy (non-hydrogen) atoms. The molecule has 0 amide bonds. The van der Waals surface area contributed by atoms with Crippen molar-refractivity contribution >= 4 is 5.97 Å². The zero-order chi connectivity index (χ0) is 9.47.